The van der Waals surface area contributed by atoms with Gasteiger partial charge in [-0.3, -0.25) is 0 Å². The third-order valence-corrected chi connectivity index (χ3v) is 3.43. The maximum Gasteiger partial charge on any atom is 0.137 e. The van der Waals surface area contributed by atoms with E-state index in [1.807, 2.05) is 6.07 Å². The van der Waals surface area contributed by atoms with E-state index in [4.69, 9.17) is 5.73 Å². The molecule has 1 nitrogen and oxygen atoms in total. The average molecular weight is 260 g/mol. The predicted octanol–water partition coefficient (Wildman–Crippen LogP) is 3.63. The molecule has 1 rings (SSSR count). The van der Waals surface area contributed by atoms with Gasteiger partial charge in [0, 0.05) is 6.04 Å². The number of rotatable bonds is 3. The number of halogens is 2. The molecule has 0 spiro atoms. The molecule has 14 heavy (non-hydrogen) atoms. The van der Waals surface area contributed by atoms with Crippen molar-refractivity contribution >= 4 is 15.9 Å². The van der Waals surface area contributed by atoms with Crippen molar-refractivity contribution < 1.29 is 4.39 Å². The van der Waals surface area contributed by atoms with Crippen molar-refractivity contribution in [1.82, 2.24) is 0 Å². The van der Waals surface area contributed by atoms with Crippen LogP contribution in [0, 0.1) is 11.7 Å². The molecule has 0 aliphatic rings. The first-order valence-electron chi connectivity index (χ1n) is 4.77. The summed E-state index contributed by atoms with van der Waals surface area (Å²) >= 11 is 3.22. The minimum atomic E-state index is -0.249. The first-order chi connectivity index (χ1) is 6.57. The third-order valence-electron chi connectivity index (χ3n) is 2.60. The normalized spacial score (nSPS) is 15.2. The van der Waals surface area contributed by atoms with E-state index in [0.717, 1.165) is 12.0 Å². The maximum absolute atomic E-state index is 13.2. The van der Waals surface area contributed by atoms with E-state index in [0.29, 0.717) is 10.4 Å². The molecule has 1 aromatic carbocycles. The van der Waals surface area contributed by atoms with E-state index >= 15 is 0 Å². The molecule has 0 heterocycles. The summed E-state index contributed by atoms with van der Waals surface area (Å²) in [5, 5.41) is 0. The van der Waals surface area contributed by atoms with Crippen LogP contribution >= 0.6 is 15.9 Å². The molecule has 2 N–H and O–H groups in total. The van der Waals surface area contributed by atoms with Crippen LogP contribution in [0.25, 0.3) is 0 Å². The van der Waals surface area contributed by atoms with Crippen molar-refractivity contribution in [2.75, 3.05) is 0 Å². The average Bonchev–Trinajstić information content (AvgIpc) is 2.20. The van der Waals surface area contributed by atoms with Crippen molar-refractivity contribution in [2.45, 2.75) is 26.3 Å². The SMILES string of the molecule is CCC(C)[C@H](N)c1cccc(F)c1Br. The van der Waals surface area contributed by atoms with Gasteiger partial charge in [-0.25, -0.2) is 4.39 Å². The lowest BCUT2D eigenvalue weighted by Crippen LogP contribution is -2.19. The molecule has 78 valence electrons. The van der Waals surface area contributed by atoms with E-state index in [1.165, 1.54) is 6.07 Å². The van der Waals surface area contributed by atoms with Crippen LogP contribution in [-0.4, -0.2) is 0 Å². The second-order valence-corrected chi connectivity index (χ2v) is 4.35. The minimum absolute atomic E-state index is 0.106. The summed E-state index contributed by atoms with van der Waals surface area (Å²) in [7, 11) is 0. The fourth-order valence-corrected chi connectivity index (χ4v) is 1.87. The summed E-state index contributed by atoms with van der Waals surface area (Å²) in [6.45, 7) is 4.15. The second kappa shape index (κ2) is 4.89. The van der Waals surface area contributed by atoms with Crippen LogP contribution in [0.3, 0.4) is 0 Å². The number of hydrogen-bond acceptors (Lipinski definition) is 1. The summed E-state index contributed by atoms with van der Waals surface area (Å²) in [6, 6.07) is 4.88. The molecule has 3 heteroatoms. The predicted molar refractivity (Wildman–Crippen MR) is 60.5 cm³/mol. The molecule has 0 saturated heterocycles. The molecule has 0 radical (unpaired) electrons. The van der Waals surface area contributed by atoms with Gasteiger partial charge in [-0.15, -0.1) is 0 Å². The van der Waals surface area contributed by atoms with Crippen LogP contribution < -0.4 is 5.73 Å². The van der Waals surface area contributed by atoms with Gasteiger partial charge in [-0.1, -0.05) is 32.4 Å². The van der Waals surface area contributed by atoms with Gasteiger partial charge in [-0.05, 0) is 33.5 Å². The summed E-state index contributed by atoms with van der Waals surface area (Å²) in [4.78, 5) is 0. The Bertz CT molecular complexity index is 314. The fourth-order valence-electron chi connectivity index (χ4n) is 1.34. The van der Waals surface area contributed by atoms with Gasteiger partial charge in [-0.2, -0.15) is 0 Å². The Balaban J connectivity index is 3.01. The molecule has 0 aliphatic carbocycles. The van der Waals surface area contributed by atoms with Crippen molar-refractivity contribution in [1.29, 1.82) is 0 Å². The number of benzene rings is 1. The molecule has 0 aromatic heterocycles. The Morgan fingerprint density at radius 3 is 2.71 bits per heavy atom. The zero-order chi connectivity index (χ0) is 10.7. The molecular formula is C11H15BrFN. The Labute approximate surface area is 92.6 Å². The van der Waals surface area contributed by atoms with Crippen LogP contribution in [0.2, 0.25) is 0 Å². The topological polar surface area (TPSA) is 26.0 Å². The van der Waals surface area contributed by atoms with Crippen molar-refractivity contribution in [3.8, 4) is 0 Å². The molecular weight excluding hydrogens is 245 g/mol. The van der Waals surface area contributed by atoms with Crippen LogP contribution in [0.15, 0.2) is 22.7 Å². The fraction of sp³-hybridized carbons (Fsp3) is 0.455. The Morgan fingerprint density at radius 1 is 1.50 bits per heavy atom. The zero-order valence-corrected chi connectivity index (χ0v) is 10.0. The standard InChI is InChI=1S/C11H15BrFN/c1-3-7(2)11(14)8-5-4-6-9(13)10(8)12/h4-7,11H,3,14H2,1-2H3/t7?,11-/m0/s1. The van der Waals surface area contributed by atoms with Crippen LogP contribution in [0.1, 0.15) is 31.9 Å². The second-order valence-electron chi connectivity index (χ2n) is 3.55. The van der Waals surface area contributed by atoms with Gasteiger partial charge >= 0.3 is 0 Å². The van der Waals surface area contributed by atoms with Crippen LogP contribution in [0.5, 0.6) is 0 Å². The summed E-state index contributed by atoms with van der Waals surface area (Å²) in [5.41, 5.74) is 6.87. The quantitative estimate of drug-likeness (QED) is 0.882. The first-order valence-corrected chi connectivity index (χ1v) is 5.56. The summed E-state index contributed by atoms with van der Waals surface area (Å²) in [6.07, 6.45) is 0.990. The van der Waals surface area contributed by atoms with Gasteiger partial charge in [0.1, 0.15) is 5.82 Å². The first kappa shape index (κ1) is 11.7. The van der Waals surface area contributed by atoms with Crippen LogP contribution in [-0.2, 0) is 0 Å². The highest BCUT2D eigenvalue weighted by Crippen LogP contribution is 2.29. The molecule has 2 atom stereocenters. The molecule has 0 bridgehead atoms. The lowest BCUT2D eigenvalue weighted by atomic mass is 9.93. The summed E-state index contributed by atoms with van der Waals surface area (Å²) < 4.78 is 13.7. The molecule has 0 amide bonds. The van der Waals surface area contributed by atoms with E-state index in [9.17, 15) is 4.39 Å². The van der Waals surface area contributed by atoms with Gasteiger partial charge in [0.05, 0.1) is 4.47 Å². The van der Waals surface area contributed by atoms with Crippen LogP contribution in [0.4, 0.5) is 4.39 Å². The lowest BCUT2D eigenvalue weighted by molar-refractivity contribution is 0.453. The van der Waals surface area contributed by atoms with Gasteiger partial charge in [0.25, 0.3) is 0 Å². The highest BCUT2D eigenvalue weighted by Gasteiger charge is 2.17. The molecule has 0 aliphatic heterocycles. The number of hydrogen-bond donors (Lipinski definition) is 1. The monoisotopic (exact) mass is 259 g/mol. The van der Waals surface area contributed by atoms with E-state index in [1.54, 1.807) is 6.07 Å². The molecule has 1 unspecified atom stereocenters. The van der Waals surface area contributed by atoms with Gasteiger partial charge < -0.3 is 5.73 Å². The Hall–Kier alpha value is -0.410. The Morgan fingerprint density at radius 2 is 2.14 bits per heavy atom. The highest BCUT2D eigenvalue weighted by molar-refractivity contribution is 9.10. The summed E-state index contributed by atoms with van der Waals surface area (Å²) in [5.74, 6) is 0.106. The highest BCUT2D eigenvalue weighted by atomic mass is 79.9. The molecule has 0 saturated carbocycles. The number of nitrogens with two attached hydrogens (primary N) is 1. The Kier molecular flexibility index (Phi) is 4.08. The van der Waals surface area contributed by atoms with E-state index in [2.05, 4.69) is 29.8 Å². The van der Waals surface area contributed by atoms with Gasteiger partial charge in [0.15, 0.2) is 0 Å². The molecule has 0 fully saturated rings. The third kappa shape index (κ3) is 2.34. The maximum atomic E-state index is 13.2. The molecule has 1 aromatic rings. The van der Waals surface area contributed by atoms with Gasteiger partial charge in [0.2, 0.25) is 0 Å². The largest absolute Gasteiger partial charge is 0.324 e. The smallest absolute Gasteiger partial charge is 0.137 e. The minimum Gasteiger partial charge on any atom is -0.324 e. The van der Waals surface area contributed by atoms with E-state index < -0.39 is 0 Å². The van der Waals surface area contributed by atoms with E-state index in [-0.39, 0.29) is 11.9 Å². The lowest BCUT2D eigenvalue weighted by Gasteiger charge is -2.20. The van der Waals surface area contributed by atoms with Crippen molar-refractivity contribution in [3.63, 3.8) is 0 Å². The van der Waals surface area contributed by atoms with Crippen molar-refractivity contribution in [2.24, 2.45) is 11.7 Å². The van der Waals surface area contributed by atoms with Crippen molar-refractivity contribution in [3.05, 3.63) is 34.1 Å². The zero-order valence-electron chi connectivity index (χ0n) is 8.43.